The maximum atomic E-state index is 12.7. The van der Waals surface area contributed by atoms with Crippen molar-refractivity contribution in [3.8, 4) is 0 Å². The van der Waals surface area contributed by atoms with Gasteiger partial charge in [-0.3, -0.25) is 4.79 Å². The molecule has 0 spiro atoms. The first-order chi connectivity index (χ1) is 10.8. The number of carbonyl (C=O) groups is 1. The van der Waals surface area contributed by atoms with Gasteiger partial charge in [-0.15, -0.1) is 0 Å². The van der Waals surface area contributed by atoms with Crippen LogP contribution in [0.2, 0.25) is 10.0 Å². The fraction of sp³-hybridized carbons (Fsp3) is 0.133. The van der Waals surface area contributed by atoms with E-state index in [2.05, 4.69) is 0 Å². The van der Waals surface area contributed by atoms with E-state index in [1.165, 1.54) is 24.3 Å². The Balaban J connectivity index is 2.39. The van der Waals surface area contributed by atoms with E-state index in [1.807, 2.05) is 0 Å². The molecular formula is C15H13Cl2NO4S. The largest absolute Gasteiger partial charge is 0.480 e. The van der Waals surface area contributed by atoms with Gasteiger partial charge >= 0.3 is 5.97 Å². The first-order valence-corrected chi connectivity index (χ1v) is 8.71. The van der Waals surface area contributed by atoms with Crippen molar-refractivity contribution in [2.45, 2.75) is 11.4 Å². The lowest BCUT2D eigenvalue weighted by atomic mass is 10.2. The van der Waals surface area contributed by atoms with Gasteiger partial charge in [0.1, 0.15) is 6.54 Å². The second kappa shape index (κ2) is 7.31. The second-order valence-electron chi connectivity index (χ2n) is 4.71. The predicted molar refractivity (Wildman–Crippen MR) is 88.1 cm³/mol. The molecule has 5 nitrogen and oxygen atoms in total. The van der Waals surface area contributed by atoms with Crippen molar-refractivity contribution < 1.29 is 18.3 Å². The topological polar surface area (TPSA) is 74.7 Å². The Labute approximate surface area is 144 Å². The maximum absolute atomic E-state index is 12.7. The molecule has 0 unspecified atom stereocenters. The highest BCUT2D eigenvalue weighted by Crippen LogP contribution is 2.23. The highest BCUT2D eigenvalue weighted by molar-refractivity contribution is 7.89. The molecule has 122 valence electrons. The fourth-order valence-electron chi connectivity index (χ4n) is 1.95. The van der Waals surface area contributed by atoms with Gasteiger partial charge in [0, 0.05) is 16.6 Å². The van der Waals surface area contributed by atoms with Gasteiger partial charge in [-0.1, -0.05) is 41.4 Å². The minimum atomic E-state index is -3.99. The van der Waals surface area contributed by atoms with E-state index >= 15 is 0 Å². The normalized spacial score (nSPS) is 11.6. The number of carboxylic acid groups (broad SMARTS) is 1. The van der Waals surface area contributed by atoms with Crippen LogP contribution in [0.25, 0.3) is 0 Å². The van der Waals surface area contributed by atoms with Crippen molar-refractivity contribution in [2.75, 3.05) is 6.54 Å². The van der Waals surface area contributed by atoms with E-state index in [0.717, 1.165) is 4.31 Å². The first-order valence-electron chi connectivity index (χ1n) is 6.51. The van der Waals surface area contributed by atoms with Gasteiger partial charge < -0.3 is 5.11 Å². The molecule has 0 fully saturated rings. The molecule has 0 radical (unpaired) electrons. The molecular weight excluding hydrogens is 361 g/mol. The quantitative estimate of drug-likeness (QED) is 0.842. The zero-order valence-electron chi connectivity index (χ0n) is 11.8. The van der Waals surface area contributed by atoms with Crippen molar-refractivity contribution in [3.05, 3.63) is 64.1 Å². The molecule has 0 aliphatic carbocycles. The summed E-state index contributed by atoms with van der Waals surface area (Å²) in [6.07, 6.45) is 0. The Kier molecular flexibility index (Phi) is 5.64. The van der Waals surface area contributed by atoms with Crippen molar-refractivity contribution in [2.24, 2.45) is 0 Å². The summed E-state index contributed by atoms with van der Waals surface area (Å²) in [5.74, 6) is -1.26. The number of benzene rings is 2. The van der Waals surface area contributed by atoms with Crippen LogP contribution in [0, 0.1) is 0 Å². The Morgan fingerprint density at radius 1 is 1.04 bits per heavy atom. The van der Waals surface area contributed by atoms with Gasteiger partial charge in [0.05, 0.1) is 4.90 Å². The average molecular weight is 374 g/mol. The van der Waals surface area contributed by atoms with E-state index < -0.39 is 22.5 Å². The van der Waals surface area contributed by atoms with Crippen LogP contribution in [-0.4, -0.2) is 30.3 Å². The van der Waals surface area contributed by atoms with Crippen LogP contribution >= 0.6 is 23.2 Å². The number of aliphatic carboxylic acids is 1. The highest BCUT2D eigenvalue weighted by Gasteiger charge is 2.27. The van der Waals surface area contributed by atoms with E-state index in [1.54, 1.807) is 24.3 Å². The average Bonchev–Trinajstić information content (AvgIpc) is 2.48. The third-order valence-corrected chi connectivity index (χ3v) is 5.49. The lowest BCUT2D eigenvalue weighted by molar-refractivity contribution is -0.137. The van der Waals surface area contributed by atoms with Gasteiger partial charge in [0.25, 0.3) is 0 Å². The lowest BCUT2D eigenvalue weighted by Crippen LogP contribution is -2.35. The lowest BCUT2D eigenvalue weighted by Gasteiger charge is -2.21. The van der Waals surface area contributed by atoms with Crippen LogP contribution < -0.4 is 0 Å². The summed E-state index contributed by atoms with van der Waals surface area (Å²) in [5, 5.41) is 9.78. The zero-order valence-corrected chi connectivity index (χ0v) is 14.1. The molecule has 2 aromatic carbocycles. The van der Waals surface area contributed by atoms with Gasteiger partial charge in [0.2, 0.25) is 10.0 Å². The molecule has 0 saturated heterocycles. The molecule has 23 heavy (non-hydrogen) atoms. The molecule has 0 aromatic heterocycles. The van der Waals surface area contributed by atoms with E-state index in [0.29, 0.717) is 15.6 Å². The monoisotopic (exact) mass is 373 g/mol. The summed E-state index contributed by atoms with van der Waals surface area (Å²) < 4.78 is 26.2. The number of nitrogens with zero attached hydrogens (tertiary/aromatic N) is 1. The van der Waals surface area contributed by atoms with Crippen LogP contribution in [0.15, 0.2) is 53.4 Å². The Morgan fingerprint density at radius 3 is 2.22 bits per heavy atom. The smallest absolute Gasteiger partial charge is 0.318 e. The van der Waals surface area contributed by atoms with Crippen LogP contribution in [0.4, 0.5) is 0 Å². The highest BCUT2D eigenvalue weighted by atomic mass is 35.5. The Bertz CT molecular complexity index is 806. The number of hydrogen-bond acceptors (Lipinski definition) is 3. The van der Waals surface area contributed by atoms with E-state index in [4.69, 9.17) is 28.3 Å². The van der Waals surface area contributed by atoms with Crippen LogP contribution in [0.3, 0.4) is 0 Å². The Morgan fingerprint density at radius 2 is 1.65 bits per heavy atom. The third kappa shape index (κ3) is 4.45. The molecule has 0 saturated carbocycles. The standard InChI is InChI=1S/C15H13Cl2NO4S/c16-12-5-7-13(8-6-12)23(21,22)18(10-15(19)20)9-11-3-1-2-4-14(11)17/h1-8H,9-10H2,(H,19,20). The van der Waals surface area contributed by atoms with E-state index in [-0.39, 0.29) is 11.4 Å². The molecule has 0 bridgehead atoms. The summed E-state index contributed by atoms with van der Waals surface area (Å²) in [5.41, 5.74) is 0.521. The molecule has 2 rings (SSSR count). The SMILES string of the molecule is O=C(O)CN(Cc1ccccc1Cl)S(=O)(=O)c1ccc(Cl)cc1. The summed E-state index contributed by atoms with van der Waals surface area (Å²) in [4.78, 5) is 11.0. The number of sulfonamides is 1. The van der Waals surface area contributed by atoms with Crippen LogP contribution in [0.5, 0.6) is 0 Å². The van der Waals surface area contributed by atoms with Gasteiger partial charge in [0.15, 0.2) is 0 Å². The van der Waals surface area contributed by atoms with Crippen molar-refractivity contribution in [1.82, 2.24) is 4.31 Å². The fourth-order valence-corrected chi connectivity index (χ4v) is 3.64. The van der Waals surface area contributed by atoms with Gasteiger partial charge in [-0.25, -0.2) is 8.42 Å². The zero-order chi connectivity index (χ0) is 17.0. The van der Waals surface area contributed by atoms with Gasteiger partial charge in [-0.2, -0.15) is 4.31 Å². The minimum absolute atomic E-state index is 0.0322. The third-order valence-electron chi connectivity index (χ3n) is 3.07. The Hall–Kier alpha value is -1.60. The molecule has 0 amide bonds. The molecule has 0 aliphatic rings. The summed E-state index contributed by atoms with van der Waals surface area (Å²) in [7, 11) is -3.99. The molecule has 0 aliphatic heterocycles. The van der Waals surface area contributed by atoms with Crippen molar-refractivity contribution in [3.63, 3.8) is 0 Å². The maximum Gasteiger partial charge on any atom is 0.318 e. The molecule has 8 heteroatoms. The summed E-state index contributed by atoms with van der Waals surface area (Å²) in [6, 6.07) is 12.2. The summed E-state index contributed by atoms with van der Waals surface area (Å²) >= 11 is 11.8. The van der Waals surface area contributed by atoms with Crippen molar-refractivity contribution >= 4 is 39.2 Å². The van der Waals surface area contributed by atoms with E-state index in [9.17, 15) is 13.2 Å². The predicted octanol–water partition coefficient (Wildman–Crippen LogP) is 3.27. The number of halogens is 2. The molecule has 0 atom stereocenters. The summed E-state index contributed by atoms with van der Waals surface area (Å²) in [6.45, 7) is -0.812. The first kappa shape index (κ1) is 17.7. The number of carboxylic acids is 1. The minimum Gasteiger partial charge on any atom is -0.480 e. The van der Waals surface area contributed by atoms with Gasteiger partial charge in [-0.05, 0) is 35.9 Å². The molecule has 0 heterocycles. The molecule has 1 N–H and O–H groups in total. The second-order valence-corrected chi connectivity index (χ2v) is 7.49. The van der Waals surface area contributed by atoms with Crippen LogP contribution in [0.1, 0.15) is 5.56 Å². The number of rotatable bonds is 6. The molecule has 2 aromatic rings. The number of hydrogen-bond donors (Lipinski definition) is 1. The van der Waals surface area contributed by atoms with Crippen LogP contribution in [-0.2, 0) is 21.4 Å². The van der Waals surface area contributed by atoms with Crippen molar-refractivity contribution in [1.29, 1.82) is 0 Å².